The summed E-state index contributed by atoms with van der Waals surface area (Å²) in [7, 11) is 1.51. The lowest BCUT2D eigenvalue weighted by molar-refractivity contribution is -0.141. The molecule has 0 aromatic rings. The van der Waals surface area contributed by atoms with Crippen LogP contribution in [0.3, 0.4) is 0 Å². The maximum Gasteiger partial charge on any atom is 0.323 e. The summed E-state index contributed by atoms with van der Waals surface area (Å²) >= 11 is 0. The lowest BCUT2D eigenvalue weighted by Gasteiger charge is -2.11. The van der Waals surface area contributed by atoms with Crippen molar-refractivity contribution in [3.63, 3.8) is 0 Å². The lowest BCUT2D eigenvalue weighted by atomic mass is 10.0. The van der Waals surface area contributed by atoms with E-state index in [1.54, 1.807) is 0 Å². The summed E-state index contributed by atoms with van der Waals surface area (Å²) in [6.45, 7) is 2.01. The molecule has 1 amide bonds. The van der Waals surface area contributed by atoms with Gasteiger partial charge in [-0.3, -0.25) is 9.59 Å². The van der Waals surface area contributed by atoms with Gasteiger partial charge in [0.05, 0.1) is 0 Å². The molecule has 0 saturated heterocycles. The van der Waals surface area contributed by atoms with Gasteiger partial charge in [0.1, 0.15) is 6.54 Å². The van der Waals surface area contributed by atoms with Gasteiger partial charge in [0.2, 0.25) is 5.91 Å². The van der Waals surface area contributed by atoms with E-state index in [2.05, 4.69) is 6.92 Å². The van der Waals surface area contributed by atoms with E-state index in [0.29, 0.717) is 0 Å². The van der Waals surface area contributed by atoms with Gasteiger partial charge >= 0.3 is 5.97 Å². The molecular formula is C21H39NO3. The first-order valence-electron chi connectivity index (χ1n) is 10.2. The number of carboxylic acid groups (broad SMARTS) is 1. The molecule has 0 aliphatic carbocycles. The molecule has 4 heteroatoms. The summed E-state index contributed by atoms with van der Waals surface area (Å²) in [5.74, 6) is -1.22. The highest BCUT2D eigenvalue weighted by Crippen LogP contribution is 2.13. The zero-order valence-corrected chi connectivity index (χ0v) is 16.5. The van der Waals surface area contributed by atoms with Crippen LogP contribution in [0.2, 0.25) is 0 Å². The van der Waals surface area contributed by atoms with Crippen LogP contribution in [0.1, 0.15) is 96.8 Å². The maximum atomic E-state index is 11.6. The van der Waals surface area contributed by atoms with Crippen LogP contribution in [0.4, 0.5) is 0 Å². The van der Waals surface area contributed by atoms with Crippen LogP contribution in [0.5, 0.6) is 0 Å². The third-order valence-electron chi connectivity index (χ3n) is 4.48. The fourth-order valence-corrected chi connectivity index (χ4v) is 2.87. The molecule has 25 heavy (non-hydrogen) atoms. The van der Waals surface area contributed by atoms with E-state index in [1.807, 2.05) is 6.08 Å². The van der Waals surface area contributed by atoms with Gasteiger partial charge in [0.25, 0.3) is 0 Å². The molecule has 0 radical (unpaired) electrons. The number of aliphatic carboxylic acids is 1. The second-order valence-electron chi connectivity index (χ2n) is 7.02. The number of likely N-dealkylation sites (N-methyl/N-ethyl adjacent to an activating group) is 1. The van der Waals surface area contributed by atoms with E-state index in [1.165, 1.54) is 95.1 Å². The summed E-state index contributed by atoms with van der Waals surface area (Å²) < 4.78 is 0. The highest BCUT2D eigenvalue weighted by Gasteiger charge is 2.07. The fraction of sp³-hybridized carbons (Fsp3) is 0.810. The summed E-state index contributed by atoms with van der Waals surface area (Å²) in [6.07, 6.45) is 21.6. The van der Waals surface area contributed by atoms with Gasteiger partial charge in [0.15, 0.2) is 0 Å². The third kappa shape index (κ3) is 17.3. The molecule has 146 valence electrons. The number of unbranched alkanes of at least 4 members (excludes halogenated alkanes) is 13. The quantitative estimate of drug-likeness (QED) is 0.275. The summed E-state index contributed by atoms with van der Waals surface area (Å²) in [5.41, 5.74) is 0. The van der Waals surface area contributed by atoms with Crippen molar-refractivity contribution in [2.75, 3.05) is 13.6 Å². The molecule has 1 N–H and O–H groups in total. The molecule has 0 heterocycles. The van der Waals surface area contributed by atoms with Crippen molar-refractivity contribution < 1.29 is 14.7 Å². The molecule has 0 aromatic carbocycles. The van der Waals surface area contributed by atoms with E-state index in [-0.39, 0.29) is 12.5 Å². The van der Waals surface area contributed by atoms with Crippen molar-refractivity contribution in [2.45, 2.75) is 96.8 Å². The number of hydrogen-bond donors (Lipinski definition) is 1. The molecule has 0 spiro atoms. The fourth-order valence-electron chi connectivity index (χ4n) is 2.87. The van der Waals surface area contributed by atoms with Crippen molar-refractivity contribution in [3.05, 3.63) is 12.2 Å². The third-order valence-corrected chi connectivity index (χ3v) is 4.48. The average Bonchev–Trinajstić information content (AvgIpc) is 2.57. The molecular weight excluding hydrogens is 314 g/mol. The van der Waals surface area contributed by atoms with E-state index in [9.17, 15) is 9.59 Å². The molecule has 0 fully saturated rings. The molecule has 4 nitrogen and oxygen atoms in total. The van der Waals surface area contributed by atoms with Gasteiger partial charge < -0.3 is 10.0 Å². The van der Waals surface area contributed by atoms with Crippen molar-refractivity contribution in [1.82, 2.24) is 4.90 Å². The molecule has 0 aromatic heterocycles. The Balaban J connectivity index is 3.32. The summed E-state index contributed by atoms with van der Waals surface area (Å²) in [4.78, 5) is 23.3. The molecule has 0 aliphatic rings. The van der Waals surface area contributed by atoms with Gasteiger partial charge in [-0.2, -0.15) is 0 Å². The van der Waals surface area contributed by atoms with Crippen LogP contribution >= 0.6 is 0 Å². The molecule has 0 rings (SSSR count). The Morgan fingerprint density at radius 3 is 1.68 bits per heavy atom. The first kappa shape index (κ1) is 23.7. The molecule has 0 atom stereocenters. The normalized spacial score (nSPS) is 11.1. The second kappa shape index (κ2) is 17.5. The lowest BCUT2D eigenvalue weighted by Crippen LogP contribution is -2.30. The Morgan fingerprint density at radius 2 is 1.24 bits per heavy atom. The number of rotatable bonds is 17. The molecule has 0 aliphatic heterocycles. The van der Waals surface area contributed by atoms with Gasteiger partial charge in [-0.15, -0.1) is 0 Å². The minimum atomic E-state index is -0.985. The number of hydrogen-bond acceptors (Lipinski definition) is 2. The van der Waals surface area contributed by atoms with Gasteiger partial charge in [0, 0.05) is 7.05 Å². The van der Waals surface area contributed by atoms with Crippen LogP contribution in [-0.4, -0.2) is 35.5 Å². The summed E-state index contributed by atoms with van der Waals surface area (Å²) in [5, 5.41) is 8.62. The second-order valence-corrected chi connectivity index (χ2v) is 7.02. The van der Waals surface area contributed by atoms with Crippen LogP contribution in [-0.2, 0) is 9.59 Å². The van der Waals surface area contributed by atoms with Crippen LogP contribution in [0.25, 0.3) is 0 Å². The summed E-state index contributed by atoms with van der Waals surface area (Å²) in [6, 6.07) is 0. The zero-order valence-electron chi connectivity index (χ0n) is 16.5. The number of carboxylic acids is 1. The highest BCUT2D eigenvalue weighted by atomic mass is 16.4. The molecule has 0 saturated carbocycles. The van der Waals surface area contributed by atoms with Gasteiger partial charge in [-0.05, 0) is 18.9 Å². The number of nitrogens with zero attached hydrogens (tertiary/aromatic N) is 1. The predicted octanol–water partition coefficient (Wildman–Crippen LogP) is 5.57. The van der Waals surface area contributed by atoms with E-state index in [0.717, 1.165) is 12.8 Å². The first-order chi connectivity index (χ1) is 12.1. The zero-order chi connectivity index (χ0) is 18.8. The molecule has 0 unspecified atom stereocenters. The molecule has 0 bridgehead atoms. The Bertz CT molecular complexity index is 366. The number of amides is 1. The smallest absolute Gasteiger partial charge is 0.323 e. The predicted molar refractivity (Wildman–Crippen MR) is 105 cm³/mol. The number of allylic oxidation sites excluding steroid dienone is 1. The van der Waals surface area contributed by atoms with Crippen LogP contribution in [0, 0.1) is 0 Å². The monoisotopic (exact) mass is 353 g/mol. The van der Waals surface area contributed by atoms with Crippen molar-refractivity contribution in [3.8, 4) is 0 Å². The Morgan fingerprint density at radius 1 is 0.800 bits per heavy atom. The number of carbonyl (C=O) groups excluding carboxylic acids is 1. The van der Waals surface area contributed by atoms with Crippen LogP contribution < -0.4 is 0 Å². The van der Waals surface area contributed by atoms with Gasteiger partial charge in [-0.1, -0.05) is 90.0 Å². The minimum absolute atomic E-state index is 0.239. The standard InChI is InChI=1S/C21H39NO3/c1-3-4-5-6-7-8-9-10-11-12-13-14-15-16-17-18-20(23)22(2)19-21(24)25/h17-18H,3-16,19H2,1-2H3,(H,24,25). The van der Waals surface area contributed by atoms with E-state index >= 15 is 0 Å². The maximum absolute atomic E-state index is 11.6. The Kier molecular flexibility index (Phi) is 16.6. The van der Waals surface area contributed by atoms with Crippen molar-refractivity contribution in [1.29, 1.82) is 0 Å². The van der Waals surface area contributed by atoms with E-state index in [4.69, 9.17) is 5.11 Å². The number of carbonyl (C=O) groups is 2. The minimum Gasteiger partial charge on any atom is -0.480 e. The average molecular weight is 354 g/mol. The van der Waals surface area contributed by atoms with Crippen molar-refractivity contribution >= 4 is 11.9 Å². The first-order valence-corrected chi connectivity index (χ1v) is 10.2. The SMILES string of the molecule is CCCCCCCCCCCCCCCC=CC(=O)N(C)CC(=O)O. The van der Waals surface area contributed by atoms with Gasteiger partial charge in [-0.25, -0.2) is 0 Å². The Hall–Kier alpha value is -1.32. The Labute approximate surface area is 154 Å². The van der Waals surface area contributed by atoms with Crippen molar-refractivity contribution in [2.24, 2.45) is 0 Å². The van der Waals surface area contributed by atoms with Crippen LogP contribution in [0.15, 0.2) is 12.2 Å². The topological polar surface area (TPSA) is 57.6 Å². The largest absolute Gasteiger partial charge is 0.480 e. The highest BCUT2D eigenvalue weighted by molar-refractivity contribution is 5.89. The van der Waals surface area contributed by atoms with E-state index < -0.39 is 5.97 Å².